The maximum Gasteiger partial charge on any atom is 0.300 e. The van der Waals surface area contributed by atoms with Crippen molar-refractivity contribution >= 4 is 34.7 Å². The van der Waals surface area contributed by atoms with Crippen LogP contribution in [0.3, 0.4) is 0 Å². The molecule has 3 aromatic rings. The van der Waals surface area contributed by atoms with E-state index in [1.54, 1.807) is 56.3 Å². The van der Waals surface area contributed by atoms with Crippen LogP contribution in [0.4, 0.5) is 10.1 Å². The van der Waals surface area contributed by atoms with E-state index in [9.17, 15) is 19.1 Å². The lowest BCUT2D eigenvalue weighted by molar-refractivity contribution is -0.132. The van der Waals surface area contributed by atoms with Crippen molar-refractivity contribution < 1.29 is 23.8 Å². The summed E-state index contributed by atoms with van der Waals surface area (Å²) in [5, 5.41) is 11.8. The lowest BCUT2D eigenvalue weighted by Gasteiger charge is -2.26. The Morgan fingerprint density at radius 3 is 2.33 bits per heavy atom. The van der Waals surface area contributed by atoms with E-state index in [0.29, 0.717) is 27.6 Å². The number of nitrogens with zero attached hydrogens (tertiary/aromatic N) is 1. The first-order chi connectivity index (χ1) is 15.7. The lowest BCUT2D eigenvalue weighted by atomic mass is 9.92. The number of halogens is 2. The zero-order chi connectivity index (χ0) is 23.9. The van der Waals surface area contributed by atoms with Gasteiger partial charge in [0.25, 0.3) is 11.7 Å². The number of amides is 1. The summed E-state index contributed by atoms with van der Waals surface area (Å²) in [5.74, 6) is -2.12. The Bertz CT molecular complexity index is 1300. The number of carbonyl (C=O) groups is 2. The van der Waals surface area contributed by atoms with Gasteiger partial charge in [0.2, 0.25) is 0 Å². The molecule has 1 atom stereocenters. The van der Waals surface area contributed by atoms with E-state index in [2.05, 4.69) is 0 Å². The average Bonchev–Trinajstić information content (AvgIpc) is 3.06. The average molecular weight is 466 g/mol. The maximum atomic E-state index is 14.9. The molecule has 0 aromatic heterocycles. The van der Waals surface area contributed by atoms with Crippen LogP contribution in [0.1, 0.15) is 28.3 Å². The van der Waals surface area contributed by atoms with E-state index in [-0.39, 0.29) is 16.9 Å². The largest absolute Gasteiger partial charge is 0.507 e. The summed E-state index contributed by atoms with van der Waals surface area (Å²) >= 11 is 5.99. The number of carbonyl (C=O) groups excluding carboxylic acids is 2. The predicted molar refractivity (Wildman–Crippen MR) is 125 cm³/mol. The van der Waals surface area contributed by atoms with E-state index >= 15 is 0 Å². The number of benzene rings is 3. The molecule has 7 heteroatoms. The van der Waals surface area contributed by atoms with Gasteiger partial charge in [0.1, 0.15) is 17.3 Å². The molecule has 4 rings (SSSR count). The van der Waals surface area contributed by atoms with E-state index in [1.807, 2.05) is 0 Å². The Balaban J connectivity index is 1.99. The minimum atomic E-state index is -1.16. The first-order valence-corrected chi connectivity index (χ1v) is 10.6. The van der Waals surface area contributed by atoms with Gasteiger partial charge in [0.05, 0.1) is 18.7 Å². The second kappa shape index (κ2) is 8.71. The third-order valence-electron chi connectivity index (χ3n) is 5.75. The fourth-order valence-corrected chi connectivity index (χ4v) is 4.23. The molecule has 0 aliphatic carbocycles. The van der Waals surface area contributed by atoms with Gasteiger partial charge in [0.15, 0.2) is 0 Å². The molecule has 1 unspecified atom stereocenters. The highest BCUT2D eigenvalue weighted by molar-refractivity contribution is 6.51. The Morgan fingerprint density at radius 1 is 1.03 bits per heavy atom. The van der Waals surface area contributed by atoms with Crippen LogP contribution in [0.15, 0.2) is 66.2 Å². The van der Waals surface area contributed by atoms with Gasteiger partial charge in [-0.25, -0.2) is 4.39 Å². The number of anilines is 1. The summed E-state index contributed by atoms with van der Waals surface area (Å²) in [6, 6.07) is 14.4. The smallest absolute Gasteiger partial charge is 0.300 e. The van der Waals surface area contributed by atoms with E-state index in [1.165, 1.54) is 30.2 Å². The Labute approximate surface area is 195 Å². The lowest BCUT2D eigenvalue weighted by Crippen LogP contribution is -2.29. The van der Waals surface area contributed by atoms with Gasteiger partial charge in [0, 0.05) is 21.8 Å². The minimum Gasteiger partial charge on any atom is -0.507 e. The molecule has 0 saturated carbocycles. The number of aryl methyl sites for hydroxylation is 2. The summed E-state index contributed by atoms with van der Waals surface area (Å²) < 4.78 is 20.3. The van der Waals surface area contributed by atoms with Gasteiger partial charge >= 0.3 is 0 Å². The molecule has 1 fully saturated rings. The molecule has 1 saturated heterocycles. The predicted octanol–water partition coefficient (Wildman–Crippen LogP) is 5.73. The van der Waals surface area contributed by atoms with Gasteiger partial charge in [-0.05, 0) is 67.4 Å². The van der Waals surface area contributed by atoms with Crippen LogP contribution in [0.5, 0.6) is 5.75 Å². The monoisotopic (exact) mass is 465 g/mol. The first-order valence-electron chi connectivity index (χ1n) is 10.2. The van der Waals surface area contributed by atoms with Gasteiger partial charge in [-0.3, -0.25) is 14.5 Å². The quantitative estimate of drug-likeness (QED) is 0.303. The van der Waals surface area contributed by atoms with Crippen molar-refractivity contribution in [3.8, 4) is 5.75 Å². The summed E-state index contributed by atoms with van der Waals surface area (Å²) in [7, 11) is 1.54. The van der Waals surface area contributed by atoms with E-state index in [0.717, 1.165) is 5.56 Å². The van der Waals surface area contributed by atoms with Crippen LogP contribution in [-0.4, -0.2) is 23.9 Å². The number of ether oxygens (including phenoxy) is 1. The molecule has 3 aromatic carbocycles. The van der Waals surface area contributed by atoms with Crippen LogP contribution in [0.25, 0.3) is 5.76 Å². The summed E-state index contributed by atoms with van der Waals surface area (Å²) in [6.45, 7) is 3.56. The zero-order valence-corrected chi connectivity index (χ0v) is 19.0. The molecule has 1 aliphatic rings. The molecular formula is C26H21ClFNO4. The number of aliphatic hydroxyl groups is 1. The molecule has 33 heavy (non-hydrogen) atoms. The zero-order valence-electron chi connectivity index (χ0n) is 18.2. The molecule has 0 radical (unpaired) electrons. The Morgan fingerprint density at radius 2 is 1.70 bits per heavy atom. The van der Waals surface area contributed by atoms with Gasteiger partial charge in [-0.2, -0.15) is 0 Å². The minimum absolute atomic E-state index is 0.0936. The highest BCUT2D eigenvalue weighted by atomic mass is 35.5. The van der Waals surface area contributed by atoms with Crippen molar-refractivity contribution in [1.82, 2.24) is 0 Å². The van der Waals surface area contributed by atoms with Crippen molar-refractivity contribution in [2.24, 2.45) is 0 Å². The second-order valence-corrected chi connectivity index (χ2v) is 8.24. The topological polar surface area (TPSA) is 66.8 Å². The molecule has 1 N–H and O–H groups in total. The third kappa shape index (κ3) is 3.87. The number of Topliss-reactive ketones (excluding diaryl/α,β-unsaturated/α-hetero) is 1. The number of hydrogen-bond donors (Lipinski definition) is 1. The highest BCUT2D eigenvalue weighted by Gasteiger charge is 2.48. The first kappa shape index (κ1) is 22.6. The van der Waals surface area contributed by atoms with Crippen LogP contribution in [-0.2, 0) is 9.59 Å². The van der Waals surface area contributed by atoms with Crippen LogP contribution in [0.2, 0.25) is 5.02 Å². The maximum absolute atomic E-state index is 14.9. The van der Waals surface area contributed by atoms with E-state index in [4.69, 9.17) is 16.3 Å². The molecule has 1 heterocycles. The highest BCUT2D eigenvalue weighted by Crippen LogP contribution is 2.43. The Hall–Kier alpha value is -3.64. The van der Waals surface area contributed by atoms with Crippen molar-refractivity contribution in [2.75, 3.05) is 12.0 Å². The SMILES string of the molecule is COc1cc(C)c(/C(O)=C2\C(=O)C(=O)N(c3ccc(Cl)cc3)C2c2ccccc2F)cc1C. The van der Waals surface area contributed by atoms with Crippen LogP contribution in [0, 0.1) is 19.7 Å². The fraction of sp³-hybridized carbons (Fsp3) is 0.154. The Kier molecular flexibility index (Phi) is 5.95. The second-order valence-electron chi connectivity index (χ2n) is 7.80. The van der Waals surface area contributed by atoms with Crippen molar-refractivity contribution in [3.05, 3.63) is 99.3 Å². The van der Waals surface area contributed by atoms with Gasteiger partial charge in [-0.15, -0.1) is 0 Å². The van der Waals surface area contributed by atoms with E-state index < -0.39 is 23.5 Å². The number of rotatable bonds is 4. The molecule has 1 amide bonds. The van der Waals surface area contributed by atoms with Crippen molar-refractivity contribution in [1.29, 1.82) is 0 Å². The third-order valence-corrected chi connectivity index (χ3v) is 6.00. The van der Waals surface area contributed by atoms with Crippen LogP contribution < -0.4 is 9.64 Å². The standard InChI is InChI=1S/C26H21ClFNO4/c1-14-13-21(33-3)15(2)12-19(14)24(30)22-23(18-6-4-5-7-20(18)28)29(26(32)25(22)31)17-10-8-16(27)9-11-17/h4-13,23,30H,1-3H3/b24-22+. The normalized spacial score (nSPS) is 17.5. The molecular weight excluding hydrogens is 445 g/mol. The molecule has 1 aliphatic heterocycles. The van der Waals surface area contributed by atoms with Crippen LogP contribution >= 0.6 is 11.6 Å². The summed E-state index contributed by atoms with van der Waals surface area (Å²) in [5.41, 5.74) is 2.00. The fourth-order valence-electron chi connectivity index (χ4n) is 4.10. The summed E-state index contributed by atoms with van der Waals surface area (Å²) in [6.07, 6.45) is 0. The van der Waals surface area contributed by atoms with Gasteiger partial charge < -0.3 is 9.84 Å². The molecule has 168 valence electrons. The summed E-state index contributed by atoms with van der Waals surface area (Å²) in [4.78, 5) is 27.5. The number of methoxy groups -OCH3 is 1. The number of ketones is 1. The van der Waals surface area contributed by atoms with Crippen molar-refractivity contribution in [2.45, 2.75) is 19.9 Å². The molecule has 5 nitrogen and oxygen atoms in total. The van der Waals surface area contributed by atoms with Crippen molar-refractivity contribution in [3.63, 3.8) is 0 Å². The molecule has 0 bridgehead atoms. The number of hydrogen-bond acceptors (Lipinski definition) is 4. The molecule has 0 spiro atoms. The van der Waals surface area contributed by atoms with Gasteiger partial charge in [-0.1, -0.05) is 29.8 Å². The number of aliphatic hydroxyl groups excluding tert-OH is 1.